The van der Waals surface area contributed by atoms with Crippen LogP contribution in [-0.2, 0) is 0 Å². The SMILES string of the molecule is CC1CCCCN1C(=O)c1ccccc1-c1ncn[nH]1. The lowest BCUT2D eigenvalue weighted by Gasteiger charge is -2.33. The van der Waals surface area contributed by atoms with Crippen molar-refractivity contribution >= 4 is 5.91 Å². The van der Waals surface area contributed by atoms with Gasteiger partial charge >= 0.3 is 0 Å². The lowest BCUT2D eigenvalue weighted by atomic mass is 10.00. The van der Waals surface area contributed by atoms with Gasteiger partial charge in [-0.1, -0.05) is 18.2 Å². The van der Waals surface area contributed by atoms with Crippen LogP contribution in [0.2, 0.25) is 0 Å². The maximum absolute atomic E-state index is 12.8. The van der Waals surface area contributed by atoms with Gasteiger partial charge in [0.05, 0.1) is 5.56 Å². The maximum atomic E-state index is 12.8. The number of amides is 1. The molecule has 0 bridgehead atoms. The van der Waals surface area contributed by atoms with E-state index in [1.54, 1.807) is 0 Å². The molecule has 1 amide bonds. The summed E-state index contributed by atoms with van der Waals surface area (Å²) in [5, 5.41) is 6.70. The predicted octanol–water partition coefficient (Wildman–Crippen LogP) is 2.49. The minimum atomic E-state index is 0.0872. The summed E-state index contributed by atoms with van der Waals surface area (Å²) in [4.78, 5) is 18.9. The average Bonchev–Trinajstić information content (AvgIpc) is 3.01. The minimum Gasteiger partial charge on any atom is -0.336 e. The zero-order chi connectivity index (χ0) is 13.9. The van der Waals surface area contributed by atoms with E-state index in [-0.39, 0.29) is 5.91 Å². The van der Waals surface area contributed by atoms with Crippen LogP contribution in [0.15, 0.2) is 30.6 Å². The second-order valence-corrected chi connectivity index (χ2v) is 5.22. The second kappa shape index (κ2) is 5.45. The molecule has 0 saturated carbocycles. The molecule has 2 aromatic rings. The monoisotopic (exact) mass is 270 g/mol. The molecular formula is C15H18N4O. The molecule has 0 aliphatic carbocycles. The summed E-state index contributed by atoms with van der Waals surface area (Å²) in [5.41, 5.74) is 1.51. The van der Waals surface area contributed by atoms with Crippen molar-refractivity contribution in [2.45, 2.75) is 32.2 Å². The van der Waals surface area contributed by atoms with Crippen LogP contribution in [0.25, 0.3) is 11.4 Å². The van der Waals surface area contributed by atoms with Gasteiger partial charge in [-0.15, -0.1) is 0 Å². The van der Waals surface area contributed by atoms with Crippen molar-refractivity contribution < 1.29 is 4.79 Å². The van der Waals surface area contributed by atoms with Gasteiger partial charge in [0.15, 0.2) is 5.82 Å². The molecule has 2 heterocycles. The molecule has 1 fully saturated rings. The predicted molar refractivity (Wildman–Crippen MR) is 76.2 cm³/mol. The Balaban J connectivity index is 1.96. The Morgan fingerprint density at radius 1 is 1.35 bits per heavy atom. The number of H-pyrrole nitrogens is 1. The molecule has 1 aromatic heterocycles. The lowest BCUT2D eigenvalue weighted by Crippen LogP contribution is -2.42. The normalized spacial score (nSPS) is 19.1. The summed E-state index contributed by atoms with van der Waals surface area (Å²) < 4.78 is 0. The van der Waals surface area contributed by atoms with Crippen molar-refractivity contribution in [2.75, 3.05) is 6.54 Å². The molecule has 0 spiro atoms. The van der Waals surface area contributed by atoms with Crippen molar-refractivity contribution in [3.05, 3.63) is 36.2 Å². The van der Waals surface area contributed by atoms with Crippen LogP contribution >= 0.6 is 0 Å². The first kappa shape index (κ1) is 12.8. The van der Waals surface area contributed by atoms with Crippen LogP contribution in [0.4, 0.5) is 0 Å². The fraction of sp³-hybridized carbons (Fsp3) is 0.400. The fourth-order valence-electron chi connectivity index (χ4n) is 2.77. The third-order valence-electron chi connectivity index (χ3n) is 3.89. The summed E-state index contributed by atoms with van der Waals surface area (Å²) in [6, 6.07) is 7.87. The maximum Gasteiger partial charge on any atom is 0.254 e. The molecular weight excluding hydrogens is 252 g/mol. The van der Waals surface area contributed by atoms with Gasteiger partial charge in [-0.3, -0.25) is 9.89 Å². The first-order valence-electron chi connectivity index (χ1n) is 7.03. The zero-order valence-electron chi connectivity index (χ0n) is 11.5. The van der Waals surface area contributed by atoms with E-state index in [0.29, 0.717) is 17.4 Å². The average molecular weight is 270 g/mol. The molecule has 1 saturated heterocycles. The summed E-state index contributed by atoms with van der Waals surface area (Å²) in [7, 11) is 0. The minimum absolute atomic E-state index is 0.0872. The van der Waals surface area contributed by atoms with Gasteiger partial charge in [-0.25, -0.2) is 4.98 Å². The number of nitrogens with one attached hydrogen (secondary N) is 1. The molecule has 5 heteroatoms. The van der Waals surface area contributed by atoms with E-state index in [2.05, 4.69) is 22.1 Å². The molecule has 1 unspecified atom stereocenters. The number of carbonyl (C=O) groups is 1. The van der Waals surface area contributed by atoms with Gasteiger partial charge in [0.25, 0.3) is 5.91 Å². The number of rotatable bonds is 2. The molecule has 20 heavy (non-hydrogen) atoms. The second-order valence-electron chi connectivity index (χ2n) is 5.22. The van der Waals surface area contributed by atoms with E-state index in [1.165, 1.54) is 12.7 Å². The highest BCUT2D eigenvalue weighted by Gasteiger charge is 2.26. The highest BCUT2D eigenvalue weighted by Crippen LogP contribution is 2.24. The highest BCUT2D eigenvalue weighted by molar-refractivity contribution is 6.00. The summed E-state index contributed by atoms with van der Waals surface area (Å²) in [6.45, 7) is 2.96. The van der Waals surface area contributed by atoms with Crippen molar-refractivity contribution in [3.63, 3.8) is 0 Å². The van der Waals surface area contributed by atoms with Crippen LogP contribution in [0.5, 0.6) is 0 Å². The number of hydrogen-bond donors (Lipinski definition) is 1. The van der Waals surface area contributed by atoms with Gasteiger partial charge in [-0.2, -0.15) is 5.10 Å². The van der Waals surface area contributed by atoms with Crippen LogP contribution in [-0.4, -0.2) is 38.6 Å². The Morgan fingerprint density at radius 2 is 2.20 bits per heavy atom. The Labute approximate surface area is 118 Å². The van der Waals surface area contributed by atoms with Crippen molar-refractivity contribution in [3.8, 4) is 11.4 Å². The standard InChI is InChI=1S/C15H18N4O/c1-11-6-4-5-9-19(11)15(20)13-8-3-2-7-12(13)14-16-10-17-18-14/h2-3,7-8,10-11H,4-6,9H2,1H3,(H,16,17,18). The molecule has 1 N–H and O–H groups in total. The number of benzene rings is 1. The summed E-state index contributed by atoms with van der Waals surface area (Å²) >= 11 is 0. The van der Waals surface area contributed by atoms with E-state index in [9.17, 15) is 4.79 Å². The number of piperidine rings is 1. The summed E-state index contributed by atoms with van der Waals surface area (Å²) in [6.07, 6.45) is 4.82. The number of likely N-dealkylation sites (tertiary alicyclic amines) is 1. The molecule has 1 aliphatic heterocycles. The molecule has 0 radical (unpaired) electrons. The van der Waals surface area contributed by atoms with Gasteiger partial charge in [-0.05, 0) is 32.3 Å². The first-order chi connectivity index (χ1) is 9.77. The lowest BCUT2D eigenvalue weighted by molar-refractivity contribution is 0.0636. The van der Waals surface area contributed by atoms with E-state index in [1.807, 2.05) is 29.2 Å². The zero-order valence-corrected chi connectivity index (χ0v) is 11.5. The van der Waals surface area contributed by atoms with Crippen LogP contribution < -0.4 is 0 Å². The quantitative estimate of drug-likeness (QED) is 0.912. The largest absolute Gasteiger partial charge is 0.336 e. The Hall–Kier alpha value is -2.17. The van der Waals surface area contributed by atoms with Crippen molar-refractivity contribution in [1.82, 2.24) is 20.1 Å². The number of hydrogen-bond acceptors (Lipinski definition) is 3. The number of aromatic amines is 1. The first-order valence-corrected chi connectivity index (χ1v) is 7.03. The van der Waals surface area contributed by atoms with Crippen LogP contribution in [0.3, 0.4) is 0 Å². The highest BCUT2D eigenvalue weighted by atomic mass is 16.2. The molecule has 104 valence electrons. The van der Waals surface area contributed by atoms with Crippen molar-refractivity contribution in [2.24, 2.45) is 0 Å². The van der Waals surface area contributed by atoms with E-state index in [4.69, 9.17) is 0 Å². The summed E-state index contributed by atoms with van der Waals surface area (Å²) in [5.74, 6) is 0.725. The molecule has 5 nitrogen and oxygen atoms in total. The van der Waals surface area contributed by atoms with Crippen molar-refractivity contribution in [1.29, 1.82) is 0 Å². The number of nitrogens with zero attached hydrogens (tertiary/aromatic N) is 3. The number of aromatic nitrogens is 3. The van der Waals surface area contributed by atoms with Gasteiger partial charge < -0.3 is 4.90 Å². The van der Waals surface area contributed by atoms with E-state index >= 15 is 0 Å². The molecule has 1 aromatic carbocycles. The van der Waals surface area contributed by atoms with Crippen LogP contribution in [0.1, 0.15) is 36.5 Å². The molecule has 1 atom stereocenters. The fourth-order valence-corrected chi connectivity index (χ4v) is 2.77. The Bertz CT molecular complexity index is 594. The molecule has 3 rings (SSSR count). The smallest absolute Gasteiger partial charge is 0.254 e. The molecule has 1 aliphatic rings. The van der Waals surface area contributed by atoms with E-state index < -0.39 is 0 Å². The van der Waals surface area contributed by atoms with Gasteiger partial charge in [0.2, 0.25) is 0 Å². The third kappa shape index (κ3) is 2.31. The van der Waals surface area contributed by atoms with Gasteiger partial charge in [0.1, 0.15) is 6.33 Å². The van der Waals surface area contributed by atoms with E-state index in [0.717, 1.165) is 24.9 Å². The number of carbonyl (C=O) groups excluding carboxylic acids is 1. The Morgan fingerprint density at radius 3 is 2.95 bits per heavy atom. The van der Waals surface area contributed by atoms with Crippen LogP contribution in [0, 0.1) is 0 Å². The third-order valence-corrected chi connectivity index (χ3v) is 3.89. The Kier molecular flexibility index (Phi) is 3.50. The topological polar surface area (TPSA) is 61.9 Å². The van der Waals surface area contributed by atoms with Gasteiger partial charge in [0, 0.05) is 18.2 Å².